The molecule has 0 aliphatic heterocycles. The van der Waals surface area contributed by atoms with Crippen molar-refractivity contribution in [3.63, 3.8) is 0 Å². The second-order valence-corrected chi connectivity index (χ2v) is 8.15. The van der Waals surface area contributed by atoms with Crippen LogP contribution in [0.5, 0.6) is 5.75 Å². The number of carboxylic acids is 1. The zero-order valence-electron chi connectivity index (χ0n) is 19.6. The molecular weight excluding hydrogens is 484 g/mol. The lowest BCUT2D eigenvalue weighted by Gasteiger charge is -2.23. The van der Waals surface area contributed by atoms with Crippen molar-refractivity contribution < 1.29 is 28.7 Å². The van der Waals surface area contributed by atoms with E-state index in [2.05, 4.69) is 5.16 Å². The van der Waals surface area contributed by atoms with Crippen LogP contribution in [-0.4, -0.2) is 28.9 Å². The molecule has 36 heavy (non-hydrogen) atoms. The van der Waals surface area contributed by atoms with E-state index in [4.69, 9.17) is 30.7 Å². The number of hydrogen-bond acceptors (Lipinski definition) is 6. The Hall–Kier alpha value is -4.30. The smallest absolute Gasteiger partial charge is 0.419 e. The molecule has 0 atom stereocenters. The molecule has 0 fully saturated rings. The highest BCUT2D eigenvalue weighted by Gasteiger charge is 2.29. The summed E-state index contributed by atoms with van der Waals surface area (Å²) in [6.45, 7) is 3.86. The fourth-order valence-corrected chi connectivity index (χ4v) is 3.82. The highest BCUT2D eigenvalue weighted by molar-refractivity contribution is 6.34. The first-order valence-electron chi connectivity index (χ1n) is 11.1. The fraction of sp³-hybridized carbons (Fsp3) is 0.148. The number of ether oxygens (including phenoxy) is 2. The molecule has 0 bridgehead atoms. The standard InChI is InChI=1S/C27H23ClN2O6/c1-3-34-27(33)30(23-10-5-4-9-22(23)28)25-17(2)36-29-24(25)19-13-11-18(12-14-19)16-35-21-8-6-7-20(15-21)26(31)32/h4-15H,3,16H2,1-2H3,(H,31,32). The van der Waals surface area contributed by atoms with Gasteiger partial charge in [-0.25, -0.2) is 14.5 Å². The number of rotatable bonds is 8. The molecular formula is C27H23ClN2O6. The van der Waals surface area contributed by atoms with E-state index >= 15 is 0 Å². The van der Waals surface area contributed by atoms with Gasteiger partial charge in [-0.15, -0.1) is 0 Å². The van der Waals surface area contributed by atoms with Crippen molar-refractivity contribution in [2.45, 2.75) is 20.5 Å². The van der Waals surface area contributed by atoms with Crippen LogP contribution in [0.25, 0.3) is 11.3 Å². The van der Waals surface area contributed by atoms with Crippen molar-refractivity contribution in [2.24, 2.45) is 0 Å². The number of aryl methyl sites for hydroxylation is 1. The molecule has 3 aromatic carbocycles. The van der Waals surface area contributed by atoms with E-state index in [1.54, 1.807) is 50.2 Å². The molecule has 0 aliphatic carbocycles. The minimum Gasteiger partial charge on any atom is -0.489 e. The molecule has 8 nitrogen and oxygen atoms in total. The summed E-state index contributed by atoms with van der Waals surface area (Å²) < 4.78 is 16.5. The summed E-state index contributed by atoms with van der Waals surface area (Å²) in [5.41, 5.74) is 3.03. The van der Waals surface area contributed by atoms with E-state index in [-0.39, 0.29) is 18.8 Å². The van der Waals surface area contributed by atoms with E-state index in [1.165, 1.54) is 17.0 Å². The number of nitrogens with zero attached hydrogens (tertiary/aromatic N) is 2. The van der Waals surface area contributed by atoms with Crippen molar-refractivity contribution in [1.82, 2.24) is 5.16 Å². The van der Waals surface area contributed by atoms with Gasteiger partial charge in [-0.05, 0) is 49.7 Å². The highest BCUT2D eigenvalue weighted by atomic mass is 35.5. The van der Waals surface area contributed by atoms with Gasteiger partial charge in [-0.2, -0.15) is 0 Å². The van der Waals surface area contributed by atoms with E-state index in [9.17, 15) is 9.59 Å². The Bertz CT molecular complexity index is 1380. The average molecular weight is 507 g/mol. The molecule has 1 N–H and O–H groups in total. The topological polar surface area (TPSA) is 102 Å². The van der Waals surface area contributed by atoms with Crippen LogP contribution in [0.1, 0.15) is 28.6 Å². The van der Waals surface area contributed by atoms with Gasteiger partial charge >= 0.3 is 12.1 Å². The lowest BCUT2D eigenvalue weighted by molar-refractivity contribution is 0.0696. The van der Waals surface area contributed by atoms with Gasteiger partial charge in [0.25, 0.3) is 0 Å². The van der Waals surface area contributed by atoms with E-state index < -0.39 is 12.1 Å². The quantitative estimate of drug-likeness (QED) is 0.278. The van der Waals surface area contributed by atoms with Crippen molar-refractivity contribution in [1.29, 1.82) is 0 Å². The molecule has 0 spiro atoms. The molecule has 4 aromatic rings. The normalized spacial score (nSPS) is 10.6. The molecule has 1 amide bonds. The van der Waals surface area contributed by atoms with Gasteiger partial charge in [0.1, 0.15) is 23.7 Å². The zero-order chi connectivity index (χ0) is 25.7. The lowest BCUT2D eigenvalue weighted by atomic mass is 10.1. The number of para-hydroxylation sites is 1. The van der Waals surface area contributed by atoms with Crippen LogP contribution in [-0.2, 0) is 11.3 Å². The zero-order valence-corrected chi connectivity index (χ0v) is 20.4. The van der Waals surface area contributed by atoms with E-state index in [1.807, 2.05) is 24.3 Å². The molecule has 9 heteroatoms. The first-order valence-corrected chi connectivity index (χ1v) is 11.5. The van der Waals surface area contributed by atoms with Crippen molar-refractivity contribution >= 4 is 35.0 Å². The SMILES string of the molecule is CCOC(=O)N(c1ccccc1Cl)c1c(-c2ccc(COc3cccc(C(=O)O)c3)cc2)noc1C. The second kappa shape index (κ2) is 11.0. The summed E-state index contributed by atoms with van der Waals surface area (Å²) in [7, 11) is 0. The van der Waals surface area contributed by atoms with Crippen LogP contribution in [0.15, 0.2) is 77.3 Å². The van der Waals surface area contributed by atoms with Gasteiger partial charge < -0.3 is 19.1 Å². The predicted molar refractivity (Wildman–Crippen MR) is 135 cm³/mol. The Morgan fingerprint density at radius 3 is 2.50 bits per heavy atom. The number of amides is 1. The minimum atomic E-state index is -1.02. The van der Waals surface area contributed by atoms with Crippen molar-refractivity contribution in [3.8, 4) is 17.0 Å². The number of hydrogen-bond donors (Lipinski definition) is 1. The maximum atomic E-state index is 13.0. The number of carboxylic acid groups (broad SMARTS) is 1. The number of carbonyl (C=O) groups excluding carboxylic acids is 1. The molecule has 0 aliphatic rings. The van der Waals surface area contributed by atoms with Crippen LogP contribution in [0.4, 0.5) is 16.2 Å². The Balaban J connectivity index is 1.62. The summed E-state index contributed by atoms with van der Waals surface area (Å²) >= 11 is 6.42. The third kappa shape index (κ3) is 5.34. The number of aromatic nitrogens is 1. The average Bonchev–Trinajstić information content (AvgIpc) is 3.25. The molecule has 1 heterocycles. The second-order valence-electron chi connectivity index (χ2n) is 7.74. The third-order valence-corrected chi connectivity index (χ3v) is 5.63. The molecule has 0 saturated carbocycles. The minimum absolute atomic E-state index is 0.154. The molecule has 0 unspecified atom stereocenters. The highest BCUT2D eigenvalue weighted by Crippen LogP contribution is 2.40. The first kappa shape index (κ1) is 24.8. The van der Waals surface area contributed by atoms with Crippen molar-refractivity contribution in [3.05, 3.63) is 94.7 Å². The van der Waals surface area contributed by atoms with E-state index in [0.29, 0.717) is 39.2 Å². The van der Waals surface area contributed by atoms with Gasteiger partial charge in [0, 0.05) is 5.56 Å². The monoisotopic (exact) mass is 506 g/mol. The van der Waals surface area contributed by atoms with Gasteiger partial charge in [-0.1, -0.05) is 59.2 Å². The summed E-state index contributed by atoms with van der Waals surface area (Å²) in [4.78, 5) is 25.5. The van der Waals surface area contributed by atoms with Gasteiger partial charge in [-0.3, -0.25) is 0 Å². The summed E-state index contributed by atoms with van der Waals surface area (Å²) in [5, 5.41) is 13.7. The Morgan fingerprint density at radius 2 is 1.81 bits per heavy atom. The van der Waals surface area contributed by atoms with Crippen LogP contribution >= 0.6 is 11.6 Å². The molecule has 1 aromatic heterocycles. The maximum absolute atomic E-state index is 13.0. The van der Waals surface area contributed by atoms with Gasteiger partial charge in [0.05, 0.1) is 22.9 Å². The van der Waals surface area contributed by atoms with Gasteiger partial charge in [0.2, 0.25) is 0 Å². The Kier molecular flexibility index (Phi) is 7.56. The predicted octanol–water partition coefficient (Wildman–Crippen LogP) is 6.88. The van der Waals surface area contributed by atoms with Gasteiger partial charge in [0.15, 0.2) is 5.76 Å². The number of halogens is 1. The van der Waals surface area contributed by atoms with Crippen LogP contribution < -0.4 is 9.64 Å². The van der Waals surface area contributed by atoms with E-state index in [0.717, 1.165) is 5.56 Å². The van der Waals surface area contributed by atoms with Crippen LogP contribution in [0.3, 0.4) is 0 Å². The number of anilines is 2. The number of carbonyl (C=O) groups is 2. The summed E-state index contributed by atoms with van der Waals surface area (Å²) in [6, 6.07) is 20.6. The number of benzene rings is 3. The molecule has 0 radical (unpaired) electrons. The summed E-state index contributed by atoms with van der Waals surface area (Å²) in [5.74, 6) is -0.140. The largest absolute Gasteiger partial charge is 0.489 e. The number of aromatic carboxylic acids is 1. The van der Waals surface area contributed by atoms with Crippen molar-refractivity contribution in [2.75, 3.05) is 11.5 Å². The maximum Gasteiger partial charge on any atom is 0.419 e. The first-order chi connectivity index (χ1) is 17.4. The fourth-order valence-electron chi connectivity index (χ4n) is 3.60. The Labute approximate surface area is 212 Å². The molecule has 4 rings (SSSR count). The van der Waals surface area contributed by atoms with Crippen LogP contribution in [0, 0.1) is 6.92 Å². The lowest BCUT2D eigenvalue weighted by Crippen LogP contribution is -2.27. The molecule has 0 saturated heterocycles. The van der Waals surface area contributed by atoms with Crippen LogP contribution in [0.2, 0.25) is 5.02 Å². The third-order valence-electron chi connectivity index (χ3n) is 5.31. The Morgan fingerprint density at radius 1 is 1.06 bits per heavy atom. The summed E-state index contributed by atoms with van der Waals surface area (Å²) in [6.07, 6.45) is -0.605. The molecule has 184 valence electrons.